The summed E-state index contributed by atoms with van der Waals surface area (Å²) >= 11 is 6.13. The van der Waals surface area contributed by atoms with Gasteiger partial charge in [-0.15, -0.1) is 0 Å². The first kappa shape index (κ1) is 23.2. The minimum atomic E-state index is -0.423. The number of halogens is 2. The lowest BCUT2D eigenvalue weighted by Gasteiger charge is -2.35. The first-order valence-corrected chi connectivity index (χ1v) is 11.6. The van der Waals surface area contributed by atoms with E-state index in [0.717, 1.165) is 37.2 Å². The van der Waals surface area contributed by atoms with Crippen molar-refractivity contribution in [2.45, 2.75) is 18.9 Å². The highest BCUT2D eigenvalue weighted by molar-refractivity contribution is 6.30. The van der Waals surface area contributed by atoms with Gasteiger partial charge in [0.25, 0.3) is 0 Å². The smallest absolute Gasteiger partial charge is 0.226 e. The Kier molecular flexibility index (Phi) is 7.92. The van der Waals surface area contributed by atoms with Gasteiger partial charge in [-0.2, -0.15) is 0 Å². The molecule has 1 N–H and O–H groups in total. The van der Waals surface area contributed by atoms with Gasteiger partial charge in [0.2, 0.25) is 5.91 Å². The average molecular weight is 468 g/mol. The highest BCUT2D eigenvalue weighted by Crippen LogP contribution is 2.31. The van der Waals surface area contributed by atoms with Crippen LogP contribution in [0.25, 0.3) is 0 Å². The number of pyridine rings is 1. The topological polar surface area (TPSA) is 54.5 Å². The van der Waals surface area contributed by atoms with Crippen LogP contribution in [-0.2, 0) is 4.79 Å². The van der Waals surface area contributed by atoms with Crippen molar-refractivity contribution in [3.63, 3.8) is 0 Å². The summed E-state index contributed by atoms with van der Waals surface area (Å²) in [5, 5.41) is 3.94. The second kappa shape index (κ2) is 11.3. The molecule has 3 aromatic rings. The van der Waals surface area contributed by atoms with Gasteiger partial charge in [-0.05, 0) is 67.9 Å². The van der Waals surface area contributed by atoms with Gasteiger partial charge >= 0.3 is 0 Å². The zero-order chi connectivity index (χ0) is 23.0. The molecule has 0 spiro atoms. The first-order valence-electron chi connectivity index (χ1n) is 11.2. The third-order valence-corrected chi connectivity index (χ3v) is 6.12. The fourth-order valence-electron chi connectivity index (χ4n) is 4.18. The van der Waals surface area contributed by atoms with E-state index in [2.05, 4.69) is 10.3 Å². The SMILES string of the molecule is O=C(C1CCNCC1)N(CCOc1ccccc1F)C(c1ccc(Cl)cc1)c1ccccn1. The summed E-state index contributed by atoms with van der Waals surface area (Å²) in [5.41, 5.74) is 1.67. The maximum atomic E-state index is 14.1. The molecule has 0 saturated carbocycles. The Morgan fingerprint density at radius 1 is 1.09 bits per heavy atom. The van der Waals surface area contributed by atoms with E-state index in [-0.39, 0.29) is 24.2 Å². The molecule has 172 valence electrons. The molecule has 0 bridgehead atoms. The van der Waals surface area contributed by atoms with Gasteiger partial charge in [0, 0.05) is 17.1 Å². The summed E-state index contributed by atoms with van der Waals surface area (Å²) in [5.74, 6) is -0.280. The Balaban J connectivity index is 1.65. The lowest BCUT2D eigenvalue weighted by Crippen LogP contribution is -2.45. The molecule has 0 aliphatic carbocycles. The van der Waals surface area contributed by atoms with Gasteiger partial charge < -0.3 is 15.0 Å². The van der Waals surface area contributed by atoms with Crippen LogP contribution in [0.15, 0.2) is 72.9 Å². The number of para-hydroxylation sites is 1. The second-order valence-electron chi connectivity index (χ2n) is 8.04. The molecule has 1 atom stereocenters. The zero-order valence-corrected chi connectivity index (χ0v) is 19.0. The van der Waals surface area contributed by atoms with Gasteiger partial charge in [-0.25, -0.2) is 4.39 Å². The fraction of sp³-hybridized carbons (Fsp3) is 0.308. The molecule has 1 saturated heterocycles. The highest BCUT2D eigenvalue weighted by atomic mass is 35.5. The third-order valence-electron chi connectivity index (χ3n) is 5.86. The lowest BCUT2D eigenvalue weighted by atomic mass is 9.93. The van der Waals surface area contributed by atoms with Gasteiger partial charge in [-0.3, -0.25) is 9.78 Å². The van der Waals surface area contributed by atoms with E-state index in [1.54, 1.807) is 24.4 Å². The Morgan fingerprint density at radius 3 is 2.52 bits per heavy atom. The molecular formula is C26H27ClFN3O2. The number of benzene rings is 2. The van der Waals surface area contributed by atoms with Gasteiger partial charge in [-0.1, -0.05) is 41.9 Å². The Bertz CT molecular complexity index is 1040. The van der Waals surface area contributed by atoms with E-state index in [9.17, 15) is 9.18 Å². The van der Waals surface area contributed by atoms with E-state index in [1.807, 2.05) is 47.4 Å². The number of piperidine rings is 1. The van der Waals surface area contributed by atoms with E-state index in [1.165, 1.54) is 6.07 Å². The Morgan fingerprint density at radius 2 is 1.82 bits per heavy atom. The second-order valence-corrected chi connectivity index (χ2v) is 8.48. The summed E-state index contributed by atoms with van der Waals surface area (Å²) in [4.78, 5) is 20.2. The van der Waals surface area contributed by atoms with Crippen LogP contribution in [0, 0.1) is 11.7 Å². The number of nitrogens with zero attached hydrogens (tertiary/aromatic N) is 2. The zero-order valence-electron chi connectivity index (χ0n) is 18.3. The number of nitrogens with one attached hydrogen (secondary N) is 1. The number of carbonyl (C=O) groups is 1. The van der Waals surface area contributed by atoms with Crippen molar-refractivity contribution in [1.29, 1.82) is 0 Å². The number of rotatable bonds is 8. The molecule has 2 heterocycles. The molecule has 1 aliphatic heterocycles. The molecule has 5 nitrogen and oxygen atoms in total. The molecule has 1 fully saturated rings. The number of hydrogen-bond acceptors (Lipinski definition) is 4. The summed E-state index contributed by atoms with van der Waals surface area (Å²) in [6.07, 6.45) is 3.28. The van der Waals surface area contributed by atoms with Crippen LogP contribution >= 0.6 is 11.6 Å². The molecule has 4 rings (SSSR count). The molecule has 1 amide bonds. The summed E-state index contributed by atoms with van der Waals surface area (Å²) in [7, 11) is 0. The van der Waals surface area contributed by atoms with Crippen molar-refractivity contribution in [3.8, 4) is 5.75 Å². The summed E-state index contributed by atoms with van der Waals surface area (Å²) in [6, 6.07) is 19.0. The fourth-order valence-corrected chi connectivity index (χ4v) is 4.30. The molecule has 33 heavy (non-hydrogen) atoms. The molecule has 1 aromatic heterocycles. The Hall–Kier alpha value is -2.96. The maximum Gasteiger partial charge on any atom is 0.226 e. The maximum absolute atomic E-state index is 14.1. The standard InChI is InChI=1S/C26H27ClFN3O2/c27-21-10-8-19(9-11-21)25(23-6-3-4-14-30-23)31(26(32)20-12-15-29-16-13-20)17-18-33-24-7-2-1-5-22(24)28/h1-11,14,20,25,29H,12-13,15-18H2. The van der Waals surface area contributed by atoms with Crippen LogP contribution < -0.4 is 10.1 Å². The predicted molar refractivity (Wildman–Crippen MR) is 127 cm³/mol. The van der Waals surface area contributed by atoms with Crippen molar-refractivity contribution in [3.05, 3.63) is 95.0 Å². The van der Waals surface area contributed by atoms with Crippen molar-refractivity contribution >= 4 is 17.5 Å². The number of amides is 1. The van der Waals surface area contributed by atoms with Crippen LogP contribution in [0.1, 0.15) is 30.1 Å². The monoisotopic (exact) mass is 467 g/mol. The van der Waals surface area contributed by atoms with Gasteiger partial charge in [0.1, 0.15) is 6.61 Å². The van der Waals surface area contributed by atoms with E-state index in [4.69, 9.17) is 16.3 Å². The van der Waals surface area contributed by atoms with E-state index >= 15 is 0 Å². The van der Waals surface area contributed by atoms with Crippen molar-refractivity contribution in [2.24, 2.45) is 5.92 Å². The van der Waals surface area contributed by atoms with Crippen LogP contribution in [0.2, 0.25) is 5.02 Å². The van der Waals surface area contributed by atoms with Crippen LogP contribution in [0.4, 0.5) is 4.39 Å². The molecule has 0 radical (unpaired) electrons. The molecular weight excluding hydrogens is 441 g/mol. The quantitative estimate of drug-likeness (QED) is 0.513. The largest absolute Gasteiger partial charge is 0.489 e. The van der Waals surface area contributed by atoms with Crippen LogP contribution in [-0.4, -0.2) is 42.0 Å². The van der Waals surface area contributed by atoms with Crippen molar-refractivity contribution < 1.29 is 13.9 Å². The molecule has 7 heteroatoms. The summed E-state index contributed by atoms with van der Waals surface area (Å²) < 4.78 is 19.8. The molecule has 1 unspecified atom stereocenters. The minimum Gasteiger partial charge on any atom is -0.489 e. The van der Waals surface area contributed by atoms with E-state index in [0.29, 0.717) is 11.6 Å². The summed E-state index contributed by atoms with van der Waals surface area (Å²) in [6.45, 7) is 2.08. The lowest BCUT2D eigenvalue weighted by molar-refractivity contribution is -0.138. The van der Waals surface area contributed by atoms with Gasteiger partial charge in [0.05, 0.1) is 18.3 Å². The number of ether oxygens (including phenoxy) is 1. The first-order chi connectivity index (χ1) is 16.1. The normalized spacial score (nSPS) is 15.1. The molecule has 2 aromatic carbocycles. The van der Waals surface area contributed by atoms with Crippen LogP contribution in [0.5, 0.6) is 5.75 Å². The Labute approximate surface area is 198 Å². The number of hydrogen-bond donors (Lipinski definition) is 1. The molecule has 1 aliphatic rings. The number of carbonyl (C=O) groups excluding carboxylic acids is 1. The van der Waals surface area contributed by atoms with E-state index < -0.39 is 11.9 Å². The third kappa shape index (κ3) is 5.89. The van der Waals surface area contributed by atoms with Crippen molar-refractivity contribution in [2.75, 3.05) is 26.2 Å². The van der Waals surface area contributed by atoms with Crippen LogP contribution in [0.3, 0.4) is 0 Å². The van der Waals surface area contributed by atoms with Gasteiger partial charge in [0.15, 0.2) is 11.6 Å². The average Bonchev–Trinajstić information content (AvgIpc) is 2.86. The number of aromatic nitrogens is 1. The predicted octanol–water partition coefficient (Wildman–Crippen LogP) is 4.87. The van der Waals surface area contributed by atoms with Crippen molar-refractivity contribution in [1.82, 2.24) is 15.2 Å². The minimum absolute atomic E-state index is 0.0548. The highest BCUT2D eigenvalue weighted by Gasteiger charge is 2.33.